The number of nitrogens with zero attached hydrogens (tertiary/aromatic N) is 1. The number of rotatable bonds is 8. The van der Waals surface area contributed by atoms with Gasteiger partial charge in [0.1, 0.15) is 0 Å². The lowest BCUT2D eigenvalue weighted by Gasteiger charge is -2.28. The van der Waals surface area contributed by atoms with E-state index in [-0.39, 0.29) is 24.2 Å². The third-order valence-corrected chi connectivity index (χ3v) is 5.53. The number of halogens is 1. The quantitative estimate of drug-likeness (QED) is 0.621. The molecule has 0 aliphatic rings. The van der Waals surface area contributed by atoms with Gasteiger partial charge < -0.3 is 16.4 Å². The molecule has 2 rings (SSSR count). The van der Waals surface area contributed by atoms with E-state index in [0.29, 0.717) is 36.6 Å². The van der Waals surface area contributed by atoms with Crippen molar-refractivity contribution in [1.82, 2.24) is 4.98 Å². The van der Waals surface area contributed by atoms with Crippen LogP contribution in [0.5, 0.6) is 0 Å². The molecule has 144 valence electrons. The molecular weight excluding hydrogens is 372 g/mol. The molecule has 0 unspecified atom stereocenters. The number of benzene rings is 1. The van der Waals surface area contributed by atoms with Gasteiger partial charge >= 0.3 is 0 Å². The highest BCUT2D eigenvalue weighted by molar-refractivity contribution is 7.22. The van der Waals surface area contributed by atoms with E-state index in [0.717, 1.165) is 16.6 Å². The molecule has 0 saturated heterocycles. The minimum atomic E-state index is -0.540. The van der Waals surface area contributed by atoms with Crippen molar-refractivity contribution in [3.8, 4) is 0 Å². The summed E-state index contributed by atoms with van der Waals surface area (Å²) in [4.78, 5) is 28.7. The molecule has 0 fully saturated rings. The van der Waals surface area contributed by atoms with Crippen molar-refractivity contribution in [2.75, 3.05) is 17.2 Å². The number of nitrogens with one attached hydrogen (secondary N) is 2. The van der Waals surface area contributed by atoms with Crippen LogP contribution >= 0.6 is 23.7 Å². The van der Waals surface area contributed by atoms with Gasteiger partial charge in [0.25, 0.3) is 0 Å². The van der Waals surface area contributed by atoms with E-state index in [1.165, 1.54) is 11.3 Å². The number of anilines is 2. The standard InChI is InChI=1S/C18H26N4O2S.ClH/c1-4-7-15(23)22-17-21-13-9-8-12(10-14(13)25-17)20-16(24)18(5-2,6-3)11-19;/h8-10H,4-7,11,19H2,1-3H3,(H,20,24)(H,21,22,23);1H. The minimum Gasteiger partial charge on any atom is -0.329 e. The molecule has 26 heavy (non-hydrogen) atoms. The second kappa shape index (κ2) is 9.85. The summed E-state index contributed by atoms with van der Waals surface area (Å²) in [6.45, 7) is 6.24. The Bertz CT molecular complexity index is 750. The average Bonchev–Trinajstić information content (AvgIpc) is 2.98. The van der Waals surface area contributed by atoms with Crippen LogP contribution in [0.4, 0.5) is 10.8 Å². The fraction of sp³-hybridized carbons (Fsp3) is 0.500. The van der Waals surface area contributed by atoms with Gasteiger partial charge in [-0.15, -0.1) is 12.4 Å². The molecule has 4 N–H and O–H groups in total. The summed E-state index contributed by atoms with van der Waals surface area (Å²) in [6.07, 6.45) is 2.67. The highest BCUT2D eigenvalue weighted by Crippen LogP contribution is 2.31. The molecule has 0 saturated carbocycles. The Morgan fingerprint density at radius 2 is 1.88 bits per heavy atom. The lowest BCUT2D eigenvalue weighted by molar-refractivity contribution is -0.125. The van der Waals surface area contributed by atoms with E-state index in [4.69, 9.17) is 5.73 Å². The van der Waals surface area contributed by atoms with Gasteiger partial charge in [-0.25, -0.2) is 4.98 Å². The van der Waals surface area contributed by atoms with E-state index < -0.39 is 5.41 Å². The maximum absolute atomic E-state index is 12.6. The minimum absolute atomic E-state index is 0. The predicted molar refractivity (Wildman–Crippen MR) is 111 cm³/mol. The second-order valence-electron chi connectivity index (χ2n) is 6.15. The van der Waals surface area contributed by atoms with Crippen molar-refractivity contribution in [2.24, 2.45) is 11.1 Å². The first-order chi connectivity index (χ1) is 12.0. The maximum Gasteiger partial charge on any atom is 0.231 e. The molecule has 2 aromatic rings. The molecular formula is C18H27ClN4O2S. The largest absolute Gasteiger partial charge is 0.329 e. The zero-order chi connectivity index (χ0) is 18.4. The van der Waals surface area contributed by atoms with Gasteiger partial charge in [-0.2, -0.15) is 0 Å². The van der Waals surface area contributed by atoms with Gasteiger partial charge in [-0.05, 0) is 37.5 Å². The fourth-order valence-corrected chi connectivity index (χ4v) is 3.60. The summed E-state index contributed by atoms with van der Waals surface area (Å²) in [5.41, 5.74) is 6.81. The highest BCUT2D eigenvalue weighted by atomic mass is 35.5. The van der Waals surface area contributed by atoms with Crippen molar-refractivity contribution in [1.29, 1.82) is 0 Å². The van der Waals surface area contributed by atoms with E-state index in [1.807, 2.05) is 39.0 Å². The number of hydrogen-bond acceptors (Lipinski definition) is 5. The fourth-order valence-electron chi connectivity index (χ4n) is 2.68. The molecule has 0 bridgehead atoms. The van der Waals surface area contributed by atoms with Crippen molar-refractivity contribution >= 4 is 56.6 Å². The molecule has 6 nitrogen and oxygen atoms in total. The molecule has 1 heterocycles. The summed E-state index contributed by atoms with van der Waals surface area (Å²) in [7, 11) is 0. The highest BCUT2D eigenvalue weighted by Gasteiger charge is 2.33. The van der Waals surface area contributed by atoms with Crippen LogP contribution in [0.3, 0.4) is 0 Å². The van der Waals surface area contributed by atoms with Gasteiger partial charge in [-0.1, -0.05) is 32.1 Å². The SMILES string of the molecule is CCCC(=O)Nc1nc2ccc(NC(=O)C(CC)(CC)CN)cc2s1.Cl. The van der Waals surface area contributed by atoms with Crippen LogP contribution in [-0.2, 0) is 9.59 Å². The molecule has 2 amide bonds. The Kier molecular flexibility index (Phi) is 8.46. The number of fused-ring (bicyclic) bond motifs is 1. The molecule has 1 aromatic carbocycles. The van der Waals surface area contributed by atoms with Gasteiger partial charge in [-0.3, -0.25) is 9.59 Å². The number of nitrogens with two attached hydrogens (primary N) is 1. The third kappa shape index (κ3) is 4.93. The monoisotopic (exact) mass is 398 g/mol. The van der Waals surface area contributed by atoms with Crippen LogP contribution in [0.25, 0.3) is 10.2 Å². The second-order valence-corrected chi connectivity index (χ2v) is 7.18. The maximum atomic E-state index is 12.6. The molecule has 0 spiro atoms. The number of carbonyl (C=O) groups excluding carboxylic acids is 2. The van der Waals surface area contributed by atoms with Crippen LogP contribution in [-0.4, -0.2) is 23.3 Å². The van der Waals surface area contributed by atoms with Crippen LogP contribution in [0.15, 0.2) is 18.2 Å². The van der Waals surface area contributed by atoms with Crippen molar-refractivity contribution in [3.63, 3.8) is 0 Å². The molecule has 0 aliphatic heterocycles. The summed E-state index contributed by atoms with van der Waals surface area (Å²) < 4.78 is 0.913. The molecule has 0 atom stereocenters. The average molecular weight is 399 g/mol. The number of hydrogen-bond donors (Lipinski definition) is 3. The zero-order valence-corrected chi connectivity index (χ0v) is 17.1. The Hall–Kier alpha value is -1.70. The first kappa shape index (κ1) is 22.3. The van der Waals surface area contributed by atoms with E-state index in [9.17, 15) is 9.59 Å². The predicted octanol–water partition coefficient (Wildman–Crippen LogP) is 4.16. The lowest BCUT2D eigenvalue weighted by Crippen LogP contribution is -2.41. The van der Waals surface area contributed by atoms with Crippen LogP contribution in [0.2, 0.25) is 0 Å². The summed E-state index contributed by atoms with van der Waals surface area (Å²) >= 11 is 1.40. The Morgan fingerprint density at radius 3 is 2.46 bits per heavy atom. The molecule has 0 aliphatic carbocycles. The number of amides is 2. The van der Waals surface area contributed by atoms with Crippen molar-refractivity contribution in [3.05, 3.63) is 18.2 Å². The van der Waals surface area contributed by atoms with Gasteiger partial charge in [0.05, 0.1) is 15.6 Å². The van der Waals surface area contributed by atoms with Gasteiger partial charge in [0.2, 0.25) is 11.8 Å². The first-order valence-electron chi connectivity index (χ1n) is 8.70. The Labute approximate surface area is 164 Å². The van der Waals surface area contributed by atoms with Gasteiger partial charge in [0.15, 0.2) is 5.13 Å². The normalized spacial score (nSPS) is 11.1. The summed E-state index contributed by atoms with van der Waals surface area (Å²) in [6, 6.07) is 5.55. The number of thiazole rings is 1. The Balaban J connectivity index is 0.00000338. The summed E-state index contributed by atoms with van der Waals surface area (Å²) in [5.74, 6) is -0.0889. The van der Waals surface area contributed by atoms with Crippen LogP contribution < -0.4 is 16.4 Å². The lowest BCUT2D eigenvalue weighted by atomic mass is 9.81. The van der Waals surface area contributed by atoms with Crippen LogP contribution in [0, 0.1) is 5.41 Å². The van der Waals surface area contributed by atoms with Crippen molar-refractivity contribution < 1.29 is 9.59 Å². The van der Waals surface area contributed by atoms with Crippen molar-refractivity contribution in [2.45, 2.75) is 46.5 Å². The topological polar surface area (TPSA) is 97.1 Å². The number of aromatic nitrogens is 1. The smallest absolute Gasteiger partial charge is 0.231 e. The van der Waals surface area contributed by atoms with Gasteiger partial charge in [0, 0.05) is 18.7 Å². The van der Waals surface area contributed by atoms with E-state index in [2.05, 4.69) is 15.6 Å². The molecule has 0 radical (unpaired) electrons. The van der Waals surface area contributed by atoms with Crippen LogP contribution in [0.1, 0.15) is 46.5 Å². The third-order valence-electron chi connectivity index (χ3n) is 4.60. The number of carbonyl (C=O) groups is 2. The van der Waals surface area contributed by atoms with E-state index >= 15 is 0 Å². The Morgan fingerprint density at radius 1 is 1.19 bits per heavy atom. The summed E-state index contributed by atoms with van der Waals surface area (Å²) in [5, 5.41) is 6.36. The van der Waals surface area contributed by atoms with E-state index in [1.54, 1.807) is 0 Å². The first-order valence-corrected chi connectivity index (χ1v) is 9.51. The zero-order valence-electron chi connectivity index (χ0n) is 15.4. The molecule has 1 aromatic heterocycles. The molecule has 8 heteroatoms.